The lowest BCUT2D eigenvalue weighted by Gasteiger charge is -2.12. The number of benzene rings is 2. The smallest absolute Gasteiger partial charge is 0.492 e. The topological polar surface area (TPSA) is 64.4 Å². The van der Waals surface area contributed by atoms with Crippen molar-refractivity contribution < 1.29 is 27.4 Å². The first-order valence-electron chi connectivity index (χ1n) is 9.12. The Bertz CT molecular complexity index is 1070. The van der Waals surface area contributed by atoms with Gasteiger partial charge < -0.3 is 14.2 Å². The summed E-state index contributed by atoms with van der Waals surface area (Å²) in [4.78, 5) is 4.26. The molecule has 5 nitrogen and oxygen atoms in total. The molecule has 0 radical (unpaired) electrons. The van der Waals surface area contributed by atoms with Gasteiger partial charge in [0.25, 0.3) is 0 Å². The van der Waals surface area contributed by atoms with Crippen LogP contribution in [0.15, 0.2) is 60.8 Å². The predicted octanol–water partition coefficient (Wildman–Crippen LogP) is 6.02. The zero-order chi connectivity index (χ0) is 22.3. The van der Waals surface area contributed by atoms with Gasteiger partial charge in [-0.1, -0.05) is 17.7 Å². The highest BCUT2D eigenvalue weighted by molar-refractivity contribution is 6.32. The van der Waals surface area contributed by atoms with Crippen LogP contribution in [0.3, 0.4) is 0 Å². The molecule has 0 fully saturated rings. The Morgan fingerprint density at radius 2 is 1.71 bits per heavy atom. The molecule has 160 valence electrons. The van der Waals surface area contributed by atoms with Crippen molar-refractivity contribution in [3.05, 3.63) is 71.4 Å². The number of alkyl halides is 3. The van der Waals surface area contributed by atoms with Crippen LogP contribution in [0.2, 0.25) is 5.02 Å². The van der Waals surface area contributed by atoms with Gasteiger partial charge in [0.1, 0.15) is 23.3 Å². The van der Waals surface area contributed by atoms with Gasteiger partial charge in [0.2, 0.25) is 0 Å². The van der Waals surface area contributed by atoms with Gasteiger partial charge >= 0.3 is 6.36 Å². The Morgan fingerprint density at radius 3 is 2.35 bits per heavy atom. The zero-order valence-electron chi connectivity index (χ0n) is 16.0. The van der Waals surface area contributed by atoms with Gasteiger partial charge in [0.05, 0.1) is 29.5 Å². The number of rotatable bonds is 8. The normalized spacial score (nSPS) is 10.9. The van der Waals surface area contributed by atoms with Crippen LogP contribution in [0.25, 0.3) is 11.3 Å². The summed E-state index contributed by atoms with van der Waals surface area (Å²) in [6, 6.07) is 16.3. The first-order chi connectivity index (χ1) is 14.9. The molecule has 0 aliphatic heterocycles. The summed E-state index contributed by atoms with van der Waals surface area (Å²) in [5.41, 5.74) is 1.94. The highest BCUT2D eigenvalue weighted by Crippen LogP contribution is 2.32. The fraction of sp³-hybridized carbons (Fsp3) is 0.182. The van der Waals surface area contributed by atoms with E-state index in [-0.39, 0.29) is 24.0 Å². The van der Waals surface area contributed by atoms with Gasteiger partial charge in [-0.15, -0.1) is 13.2 Å². The van der Waals surface area contributed by atoms with E-state index in [0.717, 1.165) is 23.4 Å². The summed E-state index contributed by atoms with van der Waals surface area (Å²) in [6.07, 6.45) is -2.65. The Kier molecular flexibility index (Phi) is 7.21. The molecule has 0 aliphatic rings. The molecular formula is C22H16ClF3N2O3. The maximum atomic E-state index is 12.2. The second kappa shape index (κ2) is 10.0. The summed E-state index contributed by atoms with van der Waals surface area (Å²) >= 11 is 5.93. The molecule has 3 aromatic rings. The summed E-state index contributed by atoms with van der Waals surface area (Å²) in [5.74, 6) is 0.244. The molecule has 1 heterocycles. The fourth-order valence-electron chi connectivity index (χ4n) is 2.65. The lowest BCUT2D eigenvalue weighted by Crippen LogP contribution is -2.17. The predicted molar refractivity (Wildman–Crippen MR) is 108 cm³/mol. The molecular weight excluding hydrogens is 433 g/mol. The van der Waals surface area contributed by atoms with Gasteiger partial charge in [0, 0.05) is 24.2 Å². The Morgan fingerprint density at radius 1 is 0.968 bits per heavy atom. The minimum absolute atomic E-state index is 0.000421. The van der Waals surface area contributed by atoms with E-state index in [1.54, 1.807) is 18.3 Å². The van der Waals surface area contributed by atoms with Crippen molar-refractivity contribution in [3.63, 3.8) is 0 Å². The maximum absolute atomic E-state index is 12.2. The average molecular weight is 449 g/mol. The van der Waals surface area contributed by atoms with Crippen LogP contribution in [0.4, 0.5) is 13.2 Å². The summed E-state index contributed by atoms with van der Waals surface area (Å²) in [6.45, 7) is 0.484. The van der Waals surface area contributed by atoms with Gasteiger partial charge in [-0.05, 0) is 42.5 Å². The van der Waals surface area contributed by atoms with E-state index in [1.807, 2.05) is 24.3 Å². The summed E-state index contributed by atoms with van der Waals surface area (Å²) < 4.78 is 51.6. The number of nitriles is 1. The van der Waals surface area contributed by atoms with Crippen LogP contribution in [0, 0.1) is 11.3 Å². The lowest BCUT2D eigenvalue weighted by molar-refractivity contribution is -0.274. The van der Waals surface area contributed by atoms with Crippen molar-refractivity contribution in [3.8, 4) is 34.6 Å². The van der Waals surface area contributed by atoms with Crippen molar-refractivity contribution in [2.75, 3.05) is 13.2 Å². The van der Waals surface area contributed by atoms with E-state index in [0.29, 0.717) is 17.7 Å². The maximum Gasteiger partial charge on any atom is 0.573 e. The number of hydrogen-bond acceptors (Lipinski definition) is 5. The number of pyridine rings is 1. The molecule has 31 heavy (non-hydrogen) atoms. The van der Waals surface area contributed by atoms with Crippen LogP contribution < -0.4 is 14.2 Å². The molecule has 1 aromatic heterocycles. The molecule has 0 saturated carbocycles. The molecule has 0 unspecified atom stereocenters. The van der Waals surface area contributed by atoms with Crippen LogP contribution in [-0.2, 0) is 0 Å². The van der Waals surface area contributed by atoms with Crippen molar-refractivity contribution in [2.24, 2.45) is 0 Å². The van der Waals surface area contributed by atoms with Gasteiger partial charge in [-0.2, -0.15) is 5.26 Å². The van der Waals surface area contributed by atoms with Crippen molar-refractivity contribution in [1.29, 1.82) is 5.26 Å². The molecule has 0 atom stereocenters. The molecule has 3 rings (SSSR count). The largest absolute Gasteiger partial charge is 0.573 e. The monoisotopic (exact) mass is 448 g/mol. The van der Waals surface area contributed by atoms with Gasteiger partial charge in [-0.3, -0.25) is 4.98 Å². The average Bonchev–Trinajstić information content (AvgIpc) is 2.74. The Balaban J connectivity index is 1.50. The van der Waals surface area contributed by atoms with Crippen LogP contribution in [0.1, 0.15) is 12.0 Å². The highest BCUT2D eigenvalue weighted by atomic mass is 35.5. The number of aromatic nitrogens is 1. The van der Waals surface area contributed by atoms with Crippen LogP contribution >= 0.6 is 11.6 Å². The van der Waals surface area contributed by atoms with E-state index >= 15 is 0 Å². The molecule has 0 spiro atoms. The molecule has 0 amide bonds. The lowest BCUT2D eigenvalue weighted by atomic mass is 10.1. The van der Waals surface area contributed by atoms with Crippen LogP contribution in [0.5, 0.6) is 17.2 Å². The SMILES string of the molecule is N#Cc1cc(-c2ccccn2)ccc1OCCCOc1ccc(OC(F)(F)F)cc1Cl. The zero-order valence-corrected chi connectivity index (χ0v) is 16.8. The van der Waals surface area contributed by atoms with Crippen molar-refractivity contribution in [2.45, 2.75) is 12.8 Å². The van der Waals surface area contributed by atoms with Gasteiger partial charge in [0.15, 0.2) is 0 Å². The Labute approximate surface area is 181 Å². The van der Waals surface area contributed by atoms with E-state index in [2.05, 4.69) is 15.8 Å². The third-order valence-electron chi connectivity index (χ3n) is 4.00. The Hall–Kier alpha value is -3.44. The molecule has 9 heteroatoms. The molecule has 2 aromatic carbocycles. The van der Waals surface area contributed by atoms with Crippen molar-refractivity contribution in [1.82, 2.24) is 4.98 Å². The second-order valence-electron chi connectivity index (χ2n) is 6.23. The standard InChI is InChI=1S/C22H16ClF3N2O3/c23-18-13-17(31-22(24,25)26)6-8-21(18)30-11-3-10-29-20-7-5-15(12-16(20)14-27)19-4-1-2-9-28-19/h1-2,4-9,12-13H,3,10-11H2. The van der Waals surface area contributed by atoms with Crippen LogP contribution in [-0.4, -0.2) is 24.6 Å². The van der Waals surface area contributed by atoms with E-state index in [9.17, 15) is 18.4 Å². The second-order valence-corrected chi connectivity index (χ2v) is 6.64. The molecule has 0 saturated heterocycles. The van der Waals surface area contributed by atoms with E-state index < -0.39 is 12.1 Å². The van der Waals surface area contributed by atoms with E-state index in [4.69, 9.17) is 21.1 Å². The minimum Gasteiger partial charge on any atom is -0.492 e. The third kappa shape index (κ3) is 6.52. The highest BCUT2D eigenvalue weighted by Gasteiger charge is 2.31. The van der Waals surface area contributed by atoms with E-state index in [1.165, 1.54) is 6.07 Å². The first-order valence-corrected chi connectivity index (χ1v) is 9.50. The number of ether oxygens (including phenoxy) is 3. The number of hydrogen-bond donors (Lipinski definition) is 0. The molecule has 0 aliphatic carbocycles. The number of halogens is 4. The first kappa shape index (κ1) is 22.2. The third-order valence-corrected chi connectivity index (χ3v) is 4.30. The fourth-order valence-corrected chi connectivity index (χ4v) is 2.88. The number of nitrogens with zero attached hydrogens (tertiary/aromatic N) is 2. The molecule has 0 bridgehead atoms. The minimum atomic E-state index is -4.79. The molecule has 0 N–H and O–H groups in total. The summed E-state index contributed by atoms with van der Waals surface area (Å²) in [7, 11) is 0. The van der Waals surface area contributed by atoms with Crippen molar-refractivity contribution >= 4 is 11.6 Å². The van der Waals surface area contributed by atoms with Gasteiger partial charge in [-0.25, -0.2) is 0 Å². The summed E-state index contributed by atoms with van der Waals surface area (Å²) in [5, 5.41) is 9.39. The quantitative estimate of drug-likeness (QED) is 0.394.